The van der Waals surface area contributed by atoms with Crippen LogP contribution in [0.15, 0.2) is 18.2 Å². The van der Waals surface area contributed by atoms with E-state index in [0.717, 1.165) is 18.7 Å². The van der Waals surface area contributed by atoms with Crippen molar-refractivity contribution in [1.29, 1.82) is 0 Å². The van der Waals surface area contributed by atoms with E-state index in [1.165, 1.54) is 6.07 Å². The summed E-state index contributed by atoms with van der Waals surface area (Å²) in [5.74, 6) is -0.969. The van der Waals surface area contributed by atoms with Gasteiger partial charge in [0.25, 0.3) is 0 Å². The summed E-state index contributed by atoms with van der Waals surface area (Å²) in [6.45, 7) is 6.21. The third-order valence-electron chi connectivity index (χ3n) is 3.81. The van der Waals surface area contributed by atoms with Gasteiger partial charge < -0.3 is 20.2 Å². The monoisotopic (exact) mass is 291 g/mol. The van der Waals surface area contributed by atoms with E-state index in [9.17, 15) is 9.59 Å². The van der Waals surface area contributed by atoms with Gasteiger partial charge in [0.15, 0.2) is 0 Å². The highest BCUT2D eigenvalue weighted by Crippen LogP contribution is 2.18. The van der Waals surface area contributed by atoms with Crippen LogP contribution in [0.4, 0.5) is 10.5 Å². The summed E-state index contributed by atoms with van der Waals surface area (Å²) in [7, 11) is 2.04. The molecule has 1 fully saturated rings. The van der Waals surface area contributed by atoms with Crippen molar-refractivity contribution in [2.75, 3.05) is 32.0 Å². The Morgan fingerprint density at radius 1 is 1.33 bits per heavy atom. The average Bonchev–Trinajstić information content (AvgIpc) is 2.40. The van der Waals surface area contributed by atoms with Gasteiger partial charge in [0.1, 0.15) is 0 Å². The fourth-order valence-electron chi connectivity index (χ4n) is 2.57. The van der Waals surface area contributed by atoms with E-state index in [-0.39, 0.29) is 17.6 Å². The molecule has 6 nitrogen and oxygen atoms in total. The van der Waals surface area contributed by atoms with Gasteiger partial charge in [0.2, 0.25) is 0 Å². The number of urea groups is 1. The van der Waals surface area contributed by atoms with E-state index in [1.54, 1.807) is 19.1 Å². The van der Waals surface area contributed by atoms with Gasteiger partial charge in [-0.05, 0) is 44.7 Å². The van der Waals surface area contributed by atoms with Crippen molar-refractivity contribution in [3.63, 3.8) is 0 Å². The van der Waals surface area contributed by atoms with Gasteiger partial charge in [-0.15, -0.1) is 0 Å². The van der Waals surface area contributed by atoms with E-state index < -0.39 is 5.97 Å². The summed E-state index contributed by atoms with van der Waals surface area (Å²) in [5, 5.41) is 11.8. The van der Waals surface area contributed by atoms with E-state index in [0.29, 0.717) is 12.2 Å². The molecule has 1 aromatic rings. The van der Waals surface area contributed by atoms with Gasteiger partial charge >= 0.3 is 12.0 Å². The molecule has 114 valence electrons. The molecule has 1 saturated heterocycles. The van der Waals surface area contributed by atoms with Gasteiger partial charge in [-0.2, -0.15) is 0 Å². The minimum atomic E-state index is -0.969. The van der Waals surface area contributed by atoms with Crippen molar-refractivity contribution in [2.24, 2.45) is 0 Å². The van der Waals surface area contributed by atoms with Crippen LogP contribution < -0.4 is 5.32 Å². The molecule has 1 atom stereocenters. The number of piperazine rings is 1. The summed E-state index contributed by atoms with van der Waals surface area (Å²) in [6.07, 6.45) is 0. The first-order valence-corrected chi connectivity index (χ1v) is 6.98. The van der Waals surface area contributed by atoms with Crippen LogP contribution in [0.2, 0.25) is 0 Å². The maximum atomic E-state index is 12.3. The van der Waals surface area contributed by atoms with Gasteiger partial charge in [-0.25, -0.2) is 9.59 Å². The summed E-state index contributed by atoms with van der Waals surface area (Å²) >= 11 is 0. The van der Waals surface area contributed by atoms with Gasteiger partial charge in [-0.3, -0.25) is 0 Å². The molecule has 21 heavy (non-hydrogen) atoms. The highest BCUT2D eigenvalue weighted by Gasteiger charge is 2.25. The van der Waals surface area contributed by atoms with Gasteiger partial charge in [0.05, 0.1) is 5.56 Å². The lowest BCUT2D eigenvalue weighted by atomic mass is 10.1. The molecule has 1 aliphatic heterocycles. The highest BCUT2D eigenvalue weighted by atomic mass is 16.4. The van der Waals surface area contributed by atoms with Crippen LogP contribution in [-0.2, 0) is 0 Å². The minimum absolute atomic E-state index is 0.137. The Labute approximate surface area is 124 Å². The molecule has 0 radical (unpaired) electrons. The summed E-state index contributed by atoms with van der Waals surface area (Å²) in [4.78, 5) is 27.2. The molecular formula is C15H21N3O3. The largest absolute Gasteiger partial charge is 0.478 e. The number of nitrogens with one attached hydrogen (secondary N) is 1. The standard InChI is InChI=1S/C15H21N3O3/c1-10-8-12(14(19)20)4-5-13(10)16-15(21)18-7-6-17(3)9-11(18)2/h4-5,8,11H,6-7,9H2,1-3H3,(H,16,21)(H,19,20). The van der Waals surface area contributed by atoms with Crippen molar-refractivity contribution in [3.05, 3.63) is 29.3 Å². The summed E-state index contributed by atoms with van der Waals surface area (Å²) < 4.78 is 0. The molecule has 0 spiro atoms. The van der Waals surface area contributed by atoms with Crippen LogP contribution in [-0.4, -0.2) is 59.6 Å². The second-order valence-corrected chi connectivity index (χ2v) is 5.57. The predicted octanol–water partition coefficient (Wildman–Crippen LogP) is 1.86. The number of rotatable bonds is 2. The molecule has 2 amide bonds. The lowest BCUT2D eigenvalue weighted by Crippen LogP contribution is -2.54. The Morgan fingerprint density at radius 2 is 2.05 bits per heavy atom. The Balaban J connectivity index is 2.07. The van der Waals surface area contributed by atoms with Crippen molar-refractivity contribution in [1.82, 2.24) is 9.80 Å². The van der Waals surface area contributed by atoms with Crippen LogP contribution in [0.5, 0.6) is 0 Å². The Hall–Kier alpha value is -2.08. The molecule has 1 aromatic carbocycles. The quantitative estimate of drug-likeness (QED) is 0.872. The van der Waals surface area contributed by atoms with Crippen LogP contribution in [0, 0.1) is 6.92 Å². The number of amides is 2. The first-order chi connectivity index (χ1) is 9.88. The lowest BCUT2D eigenvalue weighted by molar-refractivity contribution is 0.0697. The number of aromatic carboxylic acids is 1. The average molecular weight is 291 g/mol. The first kappa shape index (κ1) is 15.3. The van der Waals surface area contributed by atoms with E-state index in [1.807, 2.05) is 18.9 Å². The van der Waals surface area contributed by atoms with E-state index in [2.05, 4.69) is 10.2 Å². The zero-order valence-electron chi connectivity index (χ0n) is 12.6. The van der Waals surface area contributed by atoms with Crippen LogP contribution in [0.1, 0.15) is 22.8 Å². The van der Waals surface area contributed by atoms with Crippen molar-refractivity contribution in [3.8, 4) is 0 Å². The summed E-state index contributed by atoms with van der Waals surface area (Å²) in [6, 6.07) is 4.71. The van der Waals surface area contributed by atoms with E-state index in [4.69, 9.17) is 5.11 Å². The highest BCUT2D eigenvalue weighted by molar-refractivity contribution is 5.92. The first-order valence-electron chi connectivity index (χ1n) is 6.98. The Kier molecular flexibility index (Phi) is 4.47. The van der Waals surface area contributed by atoms with Crippen molar-refractivity contribution in [2.45, 2.75) is 19.9 Å². The van der Waals surface area contributed by atoms with Crippen molar-refractivity contribution < 1.29 is 14.7 Å². The van der Waals surface area contributed by atoms with Crippen LogP contribution in [0.25, 0.3) is 0 Å². The minimum Gasteiger partial charge on any atom is -0.478 e. The number of nitrogens with zero attached hydrogens (tertiary/aromatic N) is 2. The maximum absolute atomic E-state index is 12.3. The Morgan fingerprint density at radius 3 is 2.62 bits per heavy atom. The fraction of sp³-hybridized carbons (Fsp3) is 0.467. The molecule has 6 heteroatoms. The number of benzene rings is 1. The zero-order valence-corrected chi connectivity index (χ0v) is 12.6. The molecule has 0 bridgehead atoms. The Bertz CT molecular complexity index is 559. The van der Waals surface area contributed by atoms with Crippen molar-refractivity contribution >= 4 is 17.7 Å². The second kappa shape index (κ2) is 6.13. The number of likely N-dealkylation sites (N-methyl/N-ethyl adjacent to an activating group) is 1. The summed E-state index contributed by atoms with van der Waals surface area (Å²) in [5.41, 5.74) is 1.61. The number of carbonyl (C=O) groups excluding carboxylic acids is 1. The van der Waals surface area contributed by atoms with Crippen LogP contribution >= 0.6 is 0 Å². The normalized spacial score (nSPS) is 19.4. The molecule has 2 N–H and O–H groups in total. The molecule has 1 aliphatic rings. The number of aryl methyl sites for hydroxylation is 1. The number of carboxylic acid groups (broad SMARTS) is 1. The van der Waals surface area contributed by atoms with Gasteiger partial charge in [0, 0.05) is 31.4 Å². The second-order valence-electron chi connectivity index (χ2n) is 5.57. The van der Waals surface area contributed by atoms with Crippen LogP contribution in [0.3, 0.4) is 0 Å². The number of carboxylic acids is 1. The number of hydrogen-bond acceptors (Lipinski definition) is 3. The van der Waals surface area contributed by atoms with Gasteiger partial charge in [-0.1, -0.05) is 0 Å². The third kappa shape index (κ3) is 3.52. The molecule has 1 heterocycles. The molecule has 0 aromatic heterocycles. The molecule has 2 rings (SSSR count). The third-order valence-corrected chi connectivity index (χ3v) is 3.81. The molecular weight excluding hydrogens is 270 g/mol. The molecule has 1 unspecified atom stereocenters. The fourth-order valence-corrected chi connectivity index (χ4v) is 2.57. The number of anilines is 1. The molecule has 0 aliphatic carbocycles. The lowest BCUT2D eigenvalue weighted by Gasteiger charge is -2.38. The maximum Gasteiger partial charge on any atom is 0.335 e. The number of carbonyl (C=O) groups is 2. The SMILES string of the molecule is Cc1cc(C(=O)O)ccc1NC(=O)N1CCN(C)CC1C. The number of hydrogen-bond donors (Lipinski definition) is 2. The zero-order chi connectivity index (χ0) is 15.6. The predicted molar refractivity (Wildman–Crippen MR) is 80.8 cm³/mol. The van der Waals surface area contributed by atoms with E-state index >= 15 is 0 Å². The molecule has 0 saturated carbocycles. The topological polar surface area (TPSA) is 72.9 Å². The smallest absolute Gasteiger partial charge is 0.335 e.